The van der Waals surface area contributed by atoms with Crippen molar-refractivity contribution in [3.8, 4) is 0 Å². The van der Waals surface area contributed by atoms with Crippen LogP contribution < -0.4 is 0 Å². The smallest absolute Gasteiger partial charge is 0.00134 e. The molecule has 0 aliphatic carbocycles. The van der Waals surface area contributed by atoms with Crippen molar-refractivity contribution in [2.45, 2.75) is 0 Å². The van der Waals surface area contributed by atoms with Crippen molar-refractivity contribution >= 4 is 64.6 Å². The van der Waals surface area contributed by atoms with Gasteiger partial charge in [-0.3, -0.25) is 0 Å². The van der Waals surface area contributed by atoms with Crippen LogP contribution in [0.15, 0.2) is 97.1 Å². The Morgan fingerprint density at radius 1 is 0.286 bits per heavy atom. The Kier molecular flexibility index (Phi) is 2.57. The Hall–Kier alpha value is -3.64. The van der Waals surface area contributed by atoms with Gasteiger partial charge in [-0.1, -0.05) is 84.9 Å². The maximum atomic E-state index is 2.39. The van der Waals surface area contributed by atoms with Crippen LogP contribution in [0.5, 0.6) is 0 Å². The molecule has 0 N–H and O–H groups in total. The Bertz CT molecular complexity index is 1700. The van der Waals surface area contributed by atoms with Crippen molar-refractivity contribution < 1.29 is 0 Å². The SMILES string of the molecule is c1ccc2c(c1)cc1c3cccc4cccc(c43)c3c4ccccc4cc2c13. The molecule has 0 bridgehead atoms. The molecule has 7 rings (SSSR count). The standard InChI is InChI=1S/C28H16/c1-3-11-20-18(7-1)15-25-22-13-5-9-17-10-6-14-23(26(17)22)27-21-12-4-2-8-19(21)16-24(20)28(25)27/h1-16H. The molecule has 0 heterocycles. The van der Waals surface area contributed by atoms with Crippen LogP contribution in [-0.2, 0) is 0 Å². The number of hydrogen-bond donors (Lipinski definition) is 0. The van der Waals surface area contributed by atoms with Crippen LogP contribution in [0.1, 0.15) is 0 Å². The lowest BCUT2D eigenvalue weighted by Crippen LogP contribution is -1.89. The third kappa shape index (κ3) is 1.66. The molecule has 0 atom stereocenters. The maximum Gasteiger partial charge on any atom is -0.00134 e. The zero-order valence-electron chi connectivity index (χ0n) is 15.2. The highest BCUT2D eigenvalue weighted by molar-refractivity contribution is 6.40. The summed E-state index contributed by atoms with van der Waals surface area (Å²) in [5.41, 5.74) is 0. The van der Waals surface area contributed by atoms with Crippen molar-refractivity contribution in [3.05, 3.63) is 97.1 Å². The predicted octanol–water partition coefficient (Wildman–Crippen LogP) is 8.04. The molecule has 0 fully saturated rings. The highest BCUT2D eigenvalue weighted by Gasteiger charge is 2.16. The van der Waals surface area contributed by atoms with Gasteiger partial charge in [-0.2, -0.15) is 0 Å². The van der Waals surface area contributed by atoms with Crippen LogP contribution in [0.3, 0.4) is 0 Å². The Morgan fingerprint density at radius 2 is 0.786 bits per heavy atom. The topological polar surface area (TPSA) is 0 Å². The first-order valence-corrected chi connectivity index (χ1v) is 9.80. The first kappa shape index (κ1) is 14.4. The molecule has 0 aliphatic rings. The fourth-order valence-electron chi connectivity index (χ4n) is 5.20. The van der Waals surface area contributed by atoms with Crippen molar-refractivity contribution in [1.29, 1.82) is 0 Å². The summed E-state index contributed by atoms with van der Waals surface area (Å²) in [6.07, 6.45) is 0. The monoisotopic (exact) mass is 352 g/mol. The van der Waals surface area contributed by atoms with Gasteiger partial charge >= 0.3 is 0 Å². The zero-order chi connectivity index (χ0) is 18.2. The molecule has 0 nitrogen and oxygen atoms in total. The summed E-state index contributed by atoms with van der Waals surface area (Å²) in [4.78, 5) is 0. The Morgan fingerprint density at radius 3 is 1.57 bits per heavy atom. The number of benzene rings is 7. The molecule has 0 unspecified atom stereocenters. The van der Waals surface area contributed by atoms with Gasteiger partial charge in [-0.15, -0.1) is 0 Å². The van der Waals surface area contributed by atoms with Crippen LogP contribution in [0, 0.1) is 0 Å². The molecule has 0 spiro atoms. The fourth-order valence-corrected chi connectivity index (χ4v) is 5.20. The normalized spacial score (nSPS) is 12.3. The van der Waals surface area contributed by atoms with E-state index in [1.807, 2.05) is 0 Å². The third-order valence-electron chi connectivity index (χ3n) is 6.33. The number of rotatable bonds is 0. The van der Waals surface area contributed by atoms with Crippen LogP contribution >= 0.6 is 0 Å². The van der Waals surface area contributed by atoms with E-state index < -0.39 is 0 Å². The molecule has 7 aromatic rings. The number of fused-ring (bicyclic) bond motifs is 6. The van der Waals surface area contributed by atoms with E-state index in [2.05, 4.69) is 97.1 Å². The summed E-state index contributed by atoms with van der Waals surface area (Å²) < 4.78 is 0. The molecule has 0 aliphatic heterocycles. The van der Waals surface area contributed by atoms with E-state index in [1.54, 1.807) is 0 Å². The van der Waals surface area contributed by atoms with Gasteiger partial charge < -0.3 is 0 Å². The minimum atomic E-state index is 1.31. The lowest BCUT2D eigenvalue weighted by atomic mass is 9.85. The van der Waals surface area contributed by atoms with Gasteiger partial charge in [-0.05, 0) is 76.8 Å². The molecular formula is C28H16. The van der Waals surface area contributed by atoms with Gasteiger partial charge in [-0.25, -0.2) is 0 Å². The molecular weight excluding hydrogens is 336 g/mol. The van der Waals surface area contributed by atoms with Crippen LogP contribution in [-0.4, -0.2) is 0 Å². The van der Waals surface area contributed by atoms with Crippen LogP contribution in [0.25, 0.3) is 64.6 Å². The van der Waals surface area contributed by atoms with E-state index in [0.29, 0.717) is 0 Å². The van der Waals surface area contributed by atoms with E-state index in [-0.39, 0.29) is 0 Å². The minimum absolute atomic E-state index is 1.31. The lowest BCUT2D eigenvalue weighted by molar-refractivity contribution is 1.79. The first-order chi connectivity index (χ1) is 13.9. The molecule has 0 saturated heterocycles. The van der Waals surface area contributed by atoms with Crippen LogP contribution in [0.4, 0.5) is 0 Å². The van der Waals surface area contributed by atoms with Gasteiger partial charge in [0.05, 0.1) is 0 Å². The van der Waals surface area contributed by atoms with Gasteiger partial charge in [0.2, 0.25) is 0 Å². The summed E-state index contributed by atoms with van der Waals surface area (Å²) in [7, 11) is 0. The van der Waals surface area contributed by atoms with Crippen molar-refractivity contribution in [3.63, 3.8) is 0 Å². The third-order valence-corrected chi connectivity index (χ3v) is 6.33. The van der Waals surface area contributed by atoms with E-state index in [0.717, 1.165) is 0 Å². The van der Waals surface area contributed by atoms with Gasteiger partial charge in [0.25, 0.3) is 0 Å². The molecule has 28 heavy (non-hydrogen) atoms. The Balaban J connectivity index is 1.99. The molecule has 0 amide bonds. The molecule has 7 aromatic carbocycles. The van der Waals surface area contributed by atoms with Gasteiger partial charge in [0.1, 0.15) is 0 Å². The summed E-state index contributed by atoms with van der Waals surface area (Å²) in [6, 6.07) is 35.8. The van der Waals surface area contributed by atoms with Gasteiger partial charge in [0.15, 0.2) is 0 Å². The summed E-state index contributed by atoms with van der Waals surface area (Å²) >= 11 is 0. The highest BCUT2D eigenvalue weighted by Crippen LogP contribution is 2.45. The van der Waals surface area contributed by atoms with Crippen molar-refractivity contribution in [1.82, 2.24) is 0 Å². The van der Waals surface area contributed by atoms with Crippen molar-refractivity contribution in [2.24, 2.45) is 0 Å². The lowest BCUT2D eigenvalue weighted by Gasteiger charge is -2.18. The fraction of sp³-hybridized carbons (Fsp3) is 0. The number of hydrogen-bond acceptors (Lipinski definition) is 0. The predicted molar refractivity (Wildman–Crippen MR) is 123 cm³/mol. The zero-order valence-corrected chi connectivity index (χ0v) is 15.2. The quantitative estimate of drug-likeness (QED) is 0.191. The average molecular weight is 352 g/mol. The molecule has 0 aromatic heterocycles. The maximum absolute atomic E-state index is 2.39. The second-order valence-corrected chi connectivity index (χ2v) is 7.75. The summed E-state index contributed by atoms with van der Waals surface area (Å²) in [5.74, 6) is 0. The Labute approximate surface area is 162 Å². The van der Waals surface area contributed by atoms with E-state index in [4.69, 9.17) is 0 Å². The van der Waals surface area contributed by atoms with Crippen molar-refractivity contribution in [2.75, 3.05) is 0 Å². The van der Waals surface area contributed by atoms with Gasteiger partial charge in [0, 0.05) is 0 Å². The second-order valence-electron chi connectivity index (χ2n) is 7.75. The molecule has 0 heteroatoms. The first-order valence-electron chi connectivity index (χ1n) is 9.80. The summed E-state index contributed by atoms with van der Waals surface area (Å²) in [5, 5.41) is 16.2. The second kappa shape index (κ2) is 4.99. The largest absolute Gasteiger partial charge is 0.0616 e. The average Bonchev–Trinajstić information content (AvgIpc) is 2.76. The highest BCUT2D eigenvalue weighted by atomic mass is 14.2. The van der Waals surface area contributed by atoms with Crippen LogP contribution in [0.2, 0.25) is 0 Å². The summed E-state index contributed by atoms with van der Waals surface area (Å²) in [6.45, 7) is 0. The van der Waals surface area contributed by atoms with E-state index >= 15 is 0 Å². The molecule has 128 valence electrons. The minimum Gasteiger partial charge on any atom is -0.0616 e. The van der Waals surface area contributed by atoms with E-state index in [1.165, 1.54) is 64.6 Å². The molecule has 0 saturated carbocycles. The van der Waals surface area contributed by atoms with E-state index in [9.17, 15) is 0 Å². The molecule has 0 radical (unpaired) electrons.